The first-order valence-corrected chi connectivity index (χ1v) is 9.40. The monoisotopic (exact) mass is 394 g/mol. The maximum atomic E-state index is 13.0. The van der Waals surface area contributed by atoms with Gasteiger partial charge in [0.05, 0.1) is 11.4 Å². The van der Waals surface area contributed by atoms with Crippen LogP contribution in [0.2, 0.25) is 0 Å². The van der Waals surface area contributed by atoms with Crippen molar-refractivity contribution in [3.8, 4) is 5.69 Å². The number of carbonyl (C=O) groups excluding carboxylic acids is 1. The molecule has 0 radical (unpaired) electrons. The summed E-state index contributed by atoms with van der Waals surface area (Å²) in [5.74, 6) is 0.851. The fourth-order valence-corrected chi connectivity index (χ4v) is 3.46. The van der Waals surface area contributed by atoms with E-state index in [4.69, 9.17) is 0 Å². The van der Waals surface area contributed by atoms with Crippen LogP contribution in [0.15, 0.2) is 36.5 Å². The molecule has 2 unspecified atom stereocenters. The molecule has 2 aromatic rings. The standard InChI is InChI=1S/C20H27FN4O.ClH/c1-15(16-3-2-10-22-14-16)13-20(26)23-11-8-18-9-12-25(24-18)19-6-4-17(21)5-7-19;/h4-7,9,12,15-16,22H,2-3,8,10-11,13-14H2,1H3,(H,23,26);1H. The summed E-state index contributed by atoms with van der Waals surface area (Å²) in [6, 6.07) is 8.14. The van der Waals surface area contributed by atoms with Gasteiger partial charge in [-0.1, -0.05) is 6.92 Å². The van der Waals surface area contributed by atoms with Gasteiger partial charge in [0.25, 0.3) is 0 Å². The third-order valence-corrected chi connectivity index (χ3v) is 5.09. The van der Waals surface area contributed by atoms with Gasteiger partial charge >= 0.3 is 0 Å². The van der Waals surface area contributed by atoms with Gasteiger partial charge in [0.15, 0.2) is 0 Å². The Morgan fingerprint density at radius 1 is 1.37 bits per heavy atom. The summed E-state index contributed by atoms with van der Waals surface area (Å²) < 4.78 is 14.7. The molecular formula is C20H28ClFN4O. The first-order chi connectivity index (χ1) is 12.6. The molecule has 3 rings (SSSR count). The Hall–Kier alpha value is -1.92. The molecule has 2 atom stereocenters. The molecule has 2 heterocycles. The molecule has 27 heavy (non-hydrogen) atoms. The summed E-state index contributed by atoms with van der Waals surface area (Å²) in [5.41, 5.74) is 1.72. The Labute approximate surface area is 166 Å². The molecule has 1 aliphatic heterocycles. The molecule has 2 N–H and O–H groups in total. The van der Waals surface area contributed by atoms with E-state index >= 15 is 0 Å². The lowest BCUT2D eigenvalue weighted by Crippen LogP contribution is -2.36. The minimum absolute atomic E-state index is 0. The van der Waals surface area contributed by atoms with Crippen molar-refractivity contribution in [1.29, 1.82) is 0 Å². The van der Waals surface area contributed by atoms with E-state index in [-0.39, 0.29) is 24.1 Å². The van der Waals surface area contributed by atoms with Gasteiger partial charge in [0, 0.05) is 25.6 Å². The van der Waals surface area contributed by atoms with Crippen LogP contribution in [0.25, 0.3) is 5.69 Å². The van der Waals surface area contributed by atoms with Gasteiger partial charge in [-0.05, 0) is 68.1 Å². The van der Waals surface area contributed by atoms with Crippen molar-refractivity contribution in [2.24, 2.45) is 11.8 Å². The molecule has 1 aromatic carbocycles. The highest BCUT2D eigenvalue weighted by atomic mass is 35.5. The number of carbonyl (C=O) groups is 1. The van der Waals surface area contributed by atoms with Gasteiger partial charge in [-0.3, -0.25) is 4.79 Å². The summed E-state index contributed by atoms with van der Waals surface area (Å²) in [7, 11) is 0. The average Bonchev–Trinajstić information content (AvgIpc) is 3.12. The topological polar surface area (TPSA) is 59.0 Å². The number of hydrogen-bond acceptors (Lipinski definition) is 3. The molecule has 1 amide bonds. The fourth-order valence-electron chi connectivity index (χ4n) is 3.46. The normalized spacial score (nSPS) is 17.8. The molecule has 1 fully saturated rings. The third kappa shape index (κ3) is 6.33. The van der Waals surface area contributed by atoms with E-state index in [9.17, 15) is 9.18 Å². The van der Waals surface area contributed by atoms with Gasteiger partial charge in [-0.25, -0.2) is 9.07 Å². The largest absolute Gasteiger partial charge is 0.356 e. The zero-order valence-corrected chi connectivity index (χ0v) is 16.5. The van der Waals surface area contributed by atoms with Crippen molar-refractivity contribution in [1.82, 2.24) is 20.4 Å². The third-order valence-electron chi connectivity index (χ3n) is 5.09. The predicted molar refractivity (Wildman–Crippen MR) is 107 cm³/mol. The molecule has 0 aliphatic carbocycles. The number of aromatic nitrogens is 2. The van der Waals surface area contributed by atoms with Gasteiger partial charge < -0.3 is 10.6 Å². The summed E-state index contributed by atoms with van der Waals surface area (Å²) in [6.45, 7) is 4.87. The second-order valence-corrected chi connectivity index (χ2v) is 7.12. The lowest BCUT2D eigenvalue weighted by molar-refractivity contribution is -0.122. The SMILES string of the molecule is CC(CC(=O)NCCc1ccn(-c2ccc(F)cc2)n1)C1CCCNC1.Cl. The zero-order chi connectivity index (χ0) is 18.4. The van der Waals surface area contributed by atoms with Crippen LogP contribution in [-0.4, -0.2) is 35.3 Å². The van der Waals surface area contributed by atoms with Gasteiger partial charge in [0.2, 0.25) is 5.91 Å². The Morgan fingerprint density at radius 2 is 2.15 bits per heavy atom. The Balaban J connectivity index is 0.00000261. The molecule has 148 valence electrons. The first kappa shape index (κ1) is 21.4. The number of halogens is 2. The fraction of sp³-hybridized carbons (Fsp3) is 0.500. The van der Waals surface area contributed by atoms with E-state index in [0.29, 0.717) is 31.2 Å². The average molecular weight is 395 g/mol. The first-order valence-electron chi connectivity index (χ1n) is 9.40. The summed E-state index contributed by atoms with van der Waals surface area (Å²) in [4.78, 5) is 12.2. The van der Waals surface area contributed by atoms with Crippen LogP contribution in [0.5, 0.6) is 0 Å². The van der Waals surface area contributed by atoms with E-state index in [1.807, 2.05) is 12.3 Å². The van der Waals surface area contributed by atoms with Crippen LogP contribution >= 0.6 is 12.4 Å². The number of piperidine rings is 1. The Kier molecular flexibility index (Phi) is 8.25. The Morgan fingerprint density at radius 3 is 2.85 bits per heavy atom. The van der Waals surface area contributed by atoms with E-state index in [1.54, 1.807) is 16.8 Å². The van der Waals surface area contributed by atoms with E-state index in [0.717, 1.165) is 24.5 Å². The van der Waals surface area contributed by atoms with Crippen molar-refractivity contribution in [2.75, 3.05) is 19.6 Å². The second-order valence-electron chi connectivity index (χ2n) is 7.12. The van der Waals surface area contributed by atoms with E-state index in [1.165, 1.54) is 25.0 Å². The Bertz CT molecular complexity index is 713. The van der Waals surface area contributed by atoms with E-state index in [2.05, 4.69) is 22.7 Å². The number of nitrogens with zero attached hydrogens (tertiary/aromatic N) is 2. The highest BCUT2D eigenvalue weighted by Crippen LogP contribution is 2.22. The van der Waals surface area contributed by atoms with Crippen molar-refractivity contribution in [2.45, 2.75) is 32.6 Å². The van der Waals surface area contributed by atoms with Gasteiger partial charge in [0.1, 0.15) is 5.82 Å². The number of amides is 1. The van der Waals surface area contributed by atoms with Crippen LogP contribution in [-0.2, 0) is 11.2 Å². The van der Waals surface area contributed by atoms with Crippen molar-refractivity contribution in [3.63, 3.8) is 0 Å². The van der Waals surface area contributed by atoms with E-state index < -0.39 is 0 Å². The summed E-state index contributed by atoms with van der Waals surface area (Å²) in [5, 5.41) is 10.9. The number of benzene rings is 1. The van der Waals surface area contributed by atoms with Crippen LogP contribution in [0.1, 0.15) is 31.9 Å². The molecular weight excluding hydrogens is 367 g/mol. The molecule has 1 aliphatic rings. The molecule has 0 spiro atoms. The van der Waals surface area contributed by atoms with Crippen LogP contribution in [0.4, 0.5) is 4.39 Å². The lowest BCUT2D eigenvalue weighted by Gasteiger charge is -2.28. The maximum absolute atomic E-state index is 13.0. The molecule has 5 nitrogen and oxygen atoms in total. The van der Waals surface area contributed by atoms with Crippen molar-refractivity contribution >= 4 is 18.3 Å². The van der Waals surface area contributed by atoms with Crippen LogP contribution < -0.4 is 10.6 Å². The number of rotatable bonds is 7. The molecule has 7 heteroatoms. The minimum Gasteiger partial charge on any atom is -0.356 e. The van der Waals surface area contributed by atoms with Crippen molar-refractivity contribution in [3.05, 3.63) is 48.0 Å². The molecule has 1 saturated heterocycles. The summed E-state index contributed by atoms with van der Waals surface area (Å²) >= 11 is 0. The maximum Gasteiger partial charge on any atom is 0.220 e. The smallest absolute Gasteiger partial charge is 0.220 e. The summed E-state index contributed by atoms with van der Waals surface area (Å²) in [6.07, 6.45) is 5.52. The van der Waals surface area contributed by atoms with Gasteiger partial charge in [-0.2, -0.15) is 5.10 Å². The molecule has 0 saturated carbocycles. The lowest BCUT2D eigenvalue weighted by atomic mass is 9.85. The minimum atomic E-state index is -0.262. The van der Waals surface area contributed by atoms with Crippen LogP contribution in [0, 0.1) is 17.7 Å². The van der Waals surface area contributed by atoms with Crippen LogP contribution in [0.3, 0.4) is 0 Å². The second kappa shape index (κ2) is 10.4. The highest BCUT2D eigenvalue weighted by Gasteiger charge is 2.21. The van der Waals surface area contributed by atoms with Crippen molar-refractivity contribution < 1.29 is 9.18 Å². The predicted octanol–water partition coefficient (Wildman–Crippen LogP) is 3.12. The molecule has 1 aromatic heterocycles. The quantitative estimate of drug-likeness (QED) is 0.758. The molecule has 0 bridgehead atoms. The van der Waals surface area contributed by atoms with Gasteiger partial charge in [-0.15, -0.1) is 12.4 Å². The number of nitrogens with one attached hydrogen (secondary N) is 2. The zero-order valence-electron chi connectivity index (χ0n) is 15.7. The highest BCUT2D eigenvalue weighted by molar-refractivity contribution is 5.85. The number of hydrogen-bond donors (Lipinski definition) is 2.